The molecule has 1 heterocycles. The van der Waals surface area contributed by atoms with E-state index in [0.717, 1.165) is 11.1 Å². The number of halogens is 1. The summed E-state index contributed by atoms with van der Waals surface area (Å²) in [6.07, 6.45) is 0. The molecule has 0 unspecified atom stereocenters. The summed E-state index contributed by atoms with van der Waals surface area (Å²) >= 11 is 1.26. The van der Waals surface area contributed by atoms with Crippen molar-refractivity contribution in [2.75, 3.05) is 13.1 Å². The maximum Gasteiger partial charge on any atom is 0.270 e. The molecule has 6 nitrogen and oxygen atoms in total. The van der Waals surface area contributed by atoms with E-state index in [9.17, 15) is 14.0 Å². The van der Waals surface area contributed by atoms with Crippen LogP contribution in [0.4, 0.5) is 4.39 Å². The van der Waals surface area contributed by atoms with Crippen LogP contribution in [0.5, 0.6) is 5.75 Å². The summed E-state index contributed by atoms with van der Waals surface area (Å²) in [4.78, 5) is 29.7. The van der Waals surface area contributed by atoms with Gasteiger partial charge in [-0.05, 0) is 23.3 Å². The quantitative estimate of drug-likeness (QED) is 0.321. The highest BCUT2D eigenvalue weighted by Gasteiger charge is 2.22. The zero-order valence-electron chi connectivity index (χ0n) is 18.8. The molecule has 0 saturated carbocycles. The molecule has 4 aromatic rings. The minimum atomic E-state index is -0.453. The molecule has 8 heteroatoms. The van der Waals surface area contributed by atoms with E-state index in [1.54, 1.807) is 17.5 Å². The number of aromatic nitrogens is 1. The summed E-state index contributed by atoms with van der Waals surface area (Å²) in [5.41, 5.74) is 2.04. The monoisotopic (exact) mass is 489 g/mol. The maximum atomic E-state index is 13.7. The van der Waals surface area contributed by atoms with Gasteiger partial charge in [0.1, 0.15) is 17.3 Å². The number of nitrogens with one attached hydrogen (secondary N) is 2. The highest BCUT2D eigenvalue weighted by Crippen LogP contribution is 2.24. The molecule has 0 atom stereocenters. The van der Waals surface area contributed by atoms with Crippen molar-refractivity contribution in [3.63, 3.8) is 0 Å². The Hall–Kier alpha value is -4.04. The van der Waals surface area contributed by atoms with E-state index in [1.165, 1.54) is 23.5 Å². The van der Waals surface area contributed by atoms with Crippen molar-refractivity contribution in [3.8, 4) is 5.75 Å². The first-order valence-electron chi connectivity index (χ1n) is 11.1. The molecule has 178 valence electrons. The Morgan fingerprint density at radius 1 is 0.857 bits per heavy atom. The molecule has 2 N–H and O–H groups in total. The number of rotatable bonds is 10. The van der Waals surface area contributed by atoms with E-state index in [2.05, 4.69) is 15.6 Å². The van der Waals surface area contributed by atoms with E-state index in [0.29, 0.717) is 5.01 Å². The lowest BCUT2D eigenvalue weighted by molar-refractivity contribution is -0.121. The van der Waals surface area contributed by atoms with Crippen molar-refractivity contribution in [2.24, 2.45) is 0 Å². The highest BCUT2D eigenvalue weighted by molar-refractivity contribution is 7.09. The Kier molecular flexibility index (Phi) is 8.19. The fourth-order valence-electron chi connectivity index (χ4n) is 3.52. The van der Waals surface area contributed by atoms with Crippen LogP contribution in [-0.2, 0) is 11.4 Å². The molecule has 0 fully saturated rings. The number of carbonyl (C=O) groups excluding carboxylic acids is 2. The fraction of sp³-hybridized carbons (Fsp3) is 0.148. The Labute approximate surface area is 206 Å². The molecule has 0 aliphatic carbocycles. The second-order valence-corrected chi connectivity index (χ2v) is 8.59. The average molecular weight is 490 g/mol. The maximum absolute atomic E-state index is 13.7. The predicted molar refractivity (Wildman–Crippen MR) is 133 cm³/mol. The van der Waals surface area contributed by atoms with Crippen LogP contribution < -0.4 is 15.4 Å². The van der Waals surface area contributed by atoms with Gasteiger partial charge in [0.25, 0.3) is 5.91 Å². The van der Waals surface area contributed by atoms with Gasteiger partial charge in [-0.2, -0.15) is 0 Å². The second kappa shape index (κ2) is 11.9. The molecule has 0 aliphatic heterocycles. The van der Waals surface area contributed by atoms with Crippen LogP contribution in [0, 0.1) is 5.82 Å². The summed E-state index contributed by atoms with van der Waals surface area (Å²) in [5.74, 6) is -1.25. The van der Waals surface area contributed by atoms with Crippen LogP contribution in [-0.4, -0.2) is 29.9 Å². The average Bonchev–Trinajstić information content (AvgIpc) is 3.37. The summed E-state index contributed by atoms with van der Waals surface area (Å²) in [6, 6.07) is 25.3. The third-order valence-corrected chi connectivity index (χ3v) is 6.03. The number of nitrogens with zero attached hydrogens (tertiary/aromatic N) is 1. The summed E-state index contributed by atoms with van der Waals surface area (Å²) < 4.78 is 19.1. The van der Waals surface area contributed by atoms with E-state index < -0.39 is 11.7 Å². The summed E-state index contributed by atoms with van der Waals surface area (Å²) in [7, 11) is 0. The van der Waals surface area contributed by atoms with Gasteiger partial charge in [0.15, 0.2) is 11.6 Å². The summed E-state index contributed by atoms with van der Waals surface area (Å²) in [6.45, 7) is 0.586. The lowest BCUT2D eigenvalue weighted by Crippen LogP contribution is -2.37. The van der Waals surface area contributed by atoms with Crippen molar-refractivity contribution < 1.29 is 18.7 Å². The molecule has 0 spiro atoms. The Bertz CT molecular complexity index is 1230. The number of hydrogen-bond donors (Lipinski definition) is 2. The zero-order chi connectivity index (χ0) is 24.5. The van der Waals surface area contributed by atoms with Crippen LogP contribution in [0.3, 0.4) is 0 Å². The topological polar surface area (TPSA) is 80.3 Å². The lowest BCUT2D eigenvalue weighted by Gasteiger charge is -2.18. The molecule has 2 amide bonds. The van der Waals surface area contributed by atoms with Gasteiger partial charge in [0, 0.05) is 18.5 Å². The van der Waals surface area contributed by atoms with Crippen molar-refractivity contribution in [1.82, 2.24) is 15.6 Å². The molecule has 4 rings (SSSR count). The third kappa shape index (κ3) is 6.51. The molecule has 3 aromatic carbocycles. The fourth-order valence-corrected chi connectivity index (χ4v) is 4.21. The first kappa shape index (κ1) is 24.1. The normalized spacial score (nSPS) is 10.7. The smallest absolute Gasteiger partial charge is 0.270 e. The molecular weight excluding hydrogens is 465 g/mol. The van der Waals surface area contributed by atoms with Gasteiger partial charge < -0.3 is 15.4 Å². The minimum Gasteiger partial charge on any atom is -0.483 e. The van der Waals surface area contributed by atoms with Gasteiger partial charge in [-0.15, -0.1) is 11.3 Å². The first-order chi connectivity index (χ1) is 17.1. The zero-order valence-corrected chi connectivity index (χ0v) is 19.6. The van der Waals surface area contributed by atoms with Crippen LogP contribution in [0.15, 0.2) is 90.3 Å². The summed E-state index contributed by atoms with van der Waals surface area (Å²) in [5, 5.41) is 7.84. The van der Waals surface area contributed by atoms with Gasteiger partial charge >= 0.3 is 0 Å². The van der Waals surface area contributed by atoms with Gasteiger partial charge in [-0.25, -0.2) is 9.37 Å². The lowest BCUT2D eigenvalue weighted by atomic mass is 9.90. The van der Waals surface area contributed by atoms with Crippen LogP contribution in [0.2, 0.25) is 0 Å². The van der Waals surface area contributed by atoms with Crippen molar-refractivity contribution in [1.29, 1.82) is 0 Å². The number of carbonyl (C=O) groups is 2. The van der Waals surface area contributed by atoms with Crippen LogP contribution in [0.25, 0.3) is 0 Å². The van der Waals surface area contributed by atoms with Crippen molar-refractivity contribution in [3.05, 3.63) is 118 Å². The highest BCUT2D eigenvalue weighted by atomic mass is 32.1. The number of hydrogen-bond acceptors (Lipinski definition) is 5. The number of para-hydroxylation sites is 1. The molecule has 0 aliphatic rings. The Morgan fingerprint density at radius 3 is 2.11 bits per heavy atom. The number of thiazole rings is 1. The van der Waals surface area contributed by atoms with Crippen molar-refractivity contribution in [2.45, 2.75) is 12.5 Å². The number of ether oxygens (including phenoxy) is 1. The molecule has 0 bridgehead atoms. The Morgan fingerprint density at radius 2 is 1.46 bits per heavy atom. The molecule has 0 radical (unpaired) electrons. The van der Waals surface area contributed by atoms with Gasteiger partial charge in [-0.3, -0.25) is 9.59 Å². The number of amides is 2. The minimum absolute atomic E-state index is 0.0648. The van der Waals surface area contributed by atoms with Gasteiger partial charge in [-0.1, -0.05) is 72.8 Å². The molecular formula is C27H24FN3O3S. The standard InChI is InChI=1S/C27H24FN3O3S/c28-21-13-7-8-14-23(21)34-17-24-31-22(18-35-24)26(32)29-15-16-30-27(33)25(19-9-3-1-4-10-19)20-11-5-2-6-12-20/h1-14,18,25H,15-17H2,(H,29,32)(H,30,33). The van der Waals surface area contributed by atoms with Gasteiger partial charge in [0.2, 0.25) is 5.91 Å². The predicted octanol–water partition coefficient (Wildman–Crippen LogP) is 4.54. The SMILES string of the molecule is O=C(NCCNC(=O)C(c1ccccc1)c1ccccc1)c1csc(COc2ccccc2F)n1. The van der Waals surface area contributed by atoms with E-state index in [1.807, 2.05) is 60.7 Å². The third-order valence-electron chi connectivity index (χ3n) is 5.21. The van der Waals surface area contributed by atoms with E-state index >= 15 is 0 Å². The Balaban J connectivity index is 1.27. The molecule has 1 aromatic heterocycles. The largest absolute Gasteiger partial charge is 0.483 e. The van der Waals surface area contributed by atoms with Crippen LogP contribution in [0.1, 0.15) is 32.5 Å². The first-order valence-corrected chi connectivity index (χ1v) is 12.0. The number of benzene rings is 3. The molecule has 35 heavy (non-hydrogen) atoms. The van der Waals surface area contributed by atoms with E-state index in [4.69, 9.17) is 4.74 Å². The second-order valence-electron chi connectivity index (χ2n) is 7.65. The van der Waals surface area contributed by atoms with E-state index in [-0.39, 0.29) is 43.0 Å². The van der Waals surface area contributed by atoms with Gasteiger partial charge in [0.05, 0.1) is 5.92 Å². The van der Waals surface area contributed by atoms with Crippen LogP contribution >= 0.6 is 11.3 Å². The van der Waals surface area contributed by atoms with Crippen molar-refractivity contribution >= 4 is 23.2 Å². The molecule has 0 saturated heterocycles.